The van der Waals surface area contributed by atoms with Crippen LogP contribution in [0, 0.1) is 5.41 Å². The lowest BCUT2D eigenvalue weighted by atomic mass is 9.81. The zero-order chi connectivity index (χ0) is 16.9. The third kappa shape index (κ3) is 4.59. The van der Waals surface area contributed by atoms with Crippen molar-refractivity contribution >= 4 is 17.6 Å². The van der Waals surface area contributed by atoms with Crippen LogP contribution in [0.15, 0.2) is 24.3 Å². The van der Waals surface area contributed by atoms with Gasteiger partial charge in [0.15, 0.2) is 0 Å². The first kappa shape index (κ1) is 18.0. The lowest BCUT2D eigenvalue weighted by molar-refractivity contribution is 0.0669. The topological polar surface area (TPSA) is 61.8 Å². The van der Waals surface area contributed by atoms with E-state index in [1.807, 2.05) is 24.3 Å². The number of rotatable bonds is 5. The molecule has 2 amide bonds. The summed E-state index contributed by atoms with van der Waals surface area (Å²) >= 11 is 6.18. The molecule has 6 heteroatoms. The van der Waals surface area contributed by atoms with Crippen molar-refractivity contribution in [3.8, 4) is 0 Å². The van der Waals surface area contributed by atoms with Gasteiger partial charge in [0.1, 0.15) is 6.10 Å². The van der Waals surface area contributed by atoms with Gasteiger partial charge in [-0.15, -0.1) is 0 Å². The van der Waals surface area contributed by atoms with Crippen molar-refractivity contribution in [1.82, 2.24) is 10.2 Å². The molecule has 2 rings (SSSR count). The molecule has 1 unspecified atom stereocenters. The van der Waals surface area contributed by atoms with E-state index in [-0.39, 0.29) is 24.2 Å². The van der Waals surface area contributed by atoms with Crippen LogP contribution in [0.1, 0.15) is 31.4 Å². The maximum absolute atomic E-state index is 12.3. The molecule has 1 aliphatic rings. The first-order valence-corrected chi connectivity index (χ1v) is 8.28. The fourth-order valence-corrected chi connectivity index (χ4v) is 3.01. The monoisotopic (exact) mass is 340 g/mol. The van der Waals surface area contributed by atoms with Crippen molar-refractivity contribution < 1.29 is 14.6 Å². The molecule has 0 radical (unpaired) electrons. The van der Waals surface area contributed by atoms with E-state index in [4.69, 9.17) is 16.3 Å². The number of carbonyl (C=O) groups is 1. The normalized spacial score (nSPS) is 18.5. The second kappa shape index (κ2) is 7.99. The number of benzene rings is 1. The lowest BCUT2D eigenvalue weighted by Crippen LogP contribution is -2.48. The quantitative estimate of drug-likeness (QED) is 0.866. The average molecular weight is 341 g/mol. The molecule has 1 atom stereocenters. The Kier molecular flexibility index (Phi) is 6.27. The summed E-state index contributed by atoms with van der Waals surface area (Å²) in [6, 6.07) is 7.37. The number of methoxy groups -OCH3 is 1. The van der Waals surface area contributed by atoms with Crippen LogP contribution in [0.25, 0.3) is 0 Å². The minimum absolute atomic E-state index is 0.0661. The Hall–Kier alpha value is -1.30. The Bertz CT molecular complexity index is 530. The highest BCUT2D eigenvalue weighted by Crippen LogP contribution is 2.30. The highest BCUT2D eigenvalue weighted by Gasteiger charge is 2.31. The van der Waals surface area contributed by atoms with Gasteiger partial charge in [-0.05, 0) is 24.3 Å². The van der Waals surface area contributed by atoms with E-state index in [1.165, 1.54) is 0 Å². The van der Waals surface area contributed by atoms with E-state index in [1.54, 1.807) is 12.0 Å². The summed E-state index contributed by atoms with van der Waals surface area (Å²) in [6.07, 6.45) is 1.35. The number of ether oxygens (including phenoxy) is 1. The van der Waals surface area contributed by atoms with Crippen LogP contribution in [0.3, 0.4) is 0 Å². The van der Waals surface area contributed by atoms with Gasteiger partial charge < -0.3 is 20.1 Å². The van der Waals surface area contributed by atoms with Crippen molar-refractivity contribution in [3.05, 3.63) is 34.9 Å². The molecule has 1 aromatic rings. The van der Waals surface area contributed by atoms with Crippen LogP contribution >= 0.6 is 11.6 Å². The van der Waals surface area contributed by atoms with Gasteiger partial charge in [-0.25, -0.2) is 4.79 Å². The summed E-state index contributed by atoms with van der Waals surface area (Å²) in [5.41, 5.74) is 0.798. The molecule has 1 saturated heterocycles. The smallest absolute Gasteiger partial charge is 0.317 e. The molecule has 23 heavy (non-hydrogen) atoms. The lowest BCUT2D eigenvalue weighted by Gasteiger charge is -2.38. The van der Waals surface area contributed by atoms with Gasteiger partial charge >= 0.3 is 6.03 Å². The van der Waals surface area contributed by atoms with Crippen molar-refractivity contribution in [2.24, 2.45) is 5.41 Å². The zero-order valence-corrected chi connectivity index (χ0v) is 14.5. The van der Waals surface area contributed by atoms with Gasteiger partial charge in [0.2, 0.25) is 0 Å². The van der Waals surface area contributed by atoms with E-state index >= 15 is 0 Å². The van der Waals surface area contributed by atoms with Gasteiger partial charge in [-0.2, -0.15) is 0 Å². The number of nitrogens with zero attached hydrogens (tertiary/aromatic N) is 1. The molecule has 2 N–H and O–H groups in total. The summed E-state index contributed by atoms with van der Waals surface area (Å²) in [4.78, 5) is 14.1. The molecule has 0 spiro atoms. The summed E-state index contributed by atoms with van der Waals surface area (Å²) < 4.78 is 5.45. The molecule has 0 bridgehead atoms. The van der Waals surface area contributed by atoms with Gasteiger partial charge in [-0.1, -0.05) is 36.7 Å². The number of amides is 2. The number of halogens is 1. The number of hydrogen-bond donors (Lipinski definition) is 2. The van der Waals surface area contributed by atoms with E-state index in [0.29, 0.717) is 24.7 Å². The minimum Gasteiger partial charge on any atom is -0.396 e. The summed E-state index contributed by atoms with van der Waals surface area (Å²) in [5, 5.41) is 12.9. The van der Waals surface area contributed by atoms with Gasteiger partial charge in [-0.3, -0.25) is 0 Å². The molecule has 1 aliphatic heterocycles. The van der Waals surface area contributed by atoms with Crippen molar-refractivity contribution in [2.75, 3.05) is 33.4 Å². The van der Waals surface area contributed by atoms with Crippen LogP contribution in [0.2, 0.25) is 5.02 Å². The van der Waals surface area contributed by atoms with Crippen molar-refractivity contribution in [1.29, 1.82) is 0 Å². The highest BCUT2D eigenvalue weighted by atomic mass is 35.5. The second-order valence-corrected chi connectivity index (χ2v) is 6.79. The Balaban J connectivity index is 1.87. The fraction of sp³-hybridized carbons (Fsp3) is 0.588. The van der Waals surface area contributed by atoms with Crippen LogP contribution in [-0.4, -0.2) is 49.4 Å². The number of aliphatic hydroxyl groups is 1. The summed E-state index contributed by atoms with van der Waals surface area (Å²) in [5.74, 6) is 0. The maximum atomic E-state index is 12.3. The molecular weight excluding hydrogens is 316 g/mol. The van der Waals surface area contributed by atoms with Gasteiger partial charge in [0.25, 0.3) is 0 Å². The predicted octanol–water partition coefficient (Wildman–Crippen LogP) is 2.83. The molecule has 1 heterocycles. The number of urea groups is 1. The number of hydrogen-bond acceptors (Lipinski definition) is 3. The standard InChI is InChI=1S/C17H25ClN2O3/c1-17(12-21)7-9-20(10-8-17)16(22)19-11-15(23-2)13-5-3-4-6-14(13)18/h3-6,15,21H,7-12H2,1-2H3,(H,19,22). The summed E-state index contributed by atoms with van der Waals surface area (Å²) in [6.45, 7) is 3.91. The number of likely N-dealkylation sites (tertiary alicyclic amines) is 1. The number of piperidine rings is 1. The van der Waals surface area contributed by atoms with Crippen LogP contribution in [0.5, 0.6) is 0 Å². The molecule has 128 valence electrons. The van der Waals surface area contributed by atoms with Crippen LogP contribution in [-0.2, 0) is 4.74 Å². The minimum atomic E-state index is -0.278. The van der Waals surface area contributed by atoms with Gasteiger partial charge in [0.05, 0.1) is 0 Å². The third-order valence-electron chi connectivity index (χ3n) is 4.61. The van der Waals surface area contributed by atoms with E-state index in [2.05, 4.69) is 12.2 Å². The molecular formula is C17H25ClN2O3. The van der Waals surface area contributed by atoms with E-state index in [9.17, 15) is 9.90 Å². The molecule has 0 aromatic heterocycles. The SMILES string of the molecule is COC(CNC(=O)N1CCC(C)(CO)CC1)c1ccccc1Cl. The maximum Gasteiger partial charge on any atom is 0.317 e. The van der Waals surface area contributed by atoms with Crippen LogP contribution in [0.4, 0.5) is 4.79 Å². The average Bonchev–Trinajstić information content (AvgIpc) is 2.57. The first-order valence-electron chi connectivity index (χ1n) is 7.90. The number of aliphatic hydroxyl groups excluding tert-OH is 1. The Morgan fingerprint density at radius 2 is 2.09 bits per heavy atom. The number of nitrogens with one attached hydrogen (secondary N) is 1. The molecule has 0 aliphatic carbocycles. The Labute approximate surface area is 142 Å². The fourth-order valence-electron chi connectivity index (χ4n) is 2.76. The largest absolute Gasteiger partial charge is 0.396 e. The van der Waals surface area contributed by atoms with Crippen molar-refractivity contribution in [2.45, 2.75) is 25.9 Å². The Morgan fingerprint density at radius 1 is 1.43 bits per heavy atom. The molecule has 5 nitrogen and oxygen atoms in total. The van der Waals surface area contributed by atoms with E-state index < -0.39 is 0 Å². The molecule has 0 saturated carbocycles. The second-order valence-electron chi connectivity index (χ2n) is 6.39. The third-order valence-corrected chi connectivity index (χ3v) is 4.96. The summed E-state index contributed by atoms with van der Waals surface area (Å²) in [7, 11) is 1.60. The van der Waals surface area contributed by atoms with E-state index in [0.717, 1.165) is 18.4 Å². The molecule has 1 fully saturated rings. The zero-order valence-electron chi connectivity index (χ0n) is 13.7. The highest BCUT2D eigenvalue weighted by molar-refractivity contribution is 6.31. The van der Waals surface area contributed by atoms with Crippen molar-refractivity contribution in [3.63, 3.8) is 0 Å². The molecule has 1 aromatic carbocycles. The predicted molar refractivity (Wildman–Crippen MR) is 90.6 cm³/mol. The number of carbonyl (C=O) groups excluding carboxylic acids is 1. The van der Waals surface area contributed by atoms with Crippen LogP contribution < -0.4 is 5.32 Å². The Morgan fingerprint density at radius 3 is 2.65 bits per heavy atom. The first-order chi connectivity index (χ1) is 11.0. The van der Waals surface area contributed by atoms with Gasteiger partial charge in [0, 0.05) is 43.9 Å².